The van der Waals surface area contributed by atoms with Gasteiger partial charge in [-0.2, -0.15) is 0 Å². The fourth-order valence-electron chi connectivity index (χ4n) is 1.86. The highest BCUT2D eigenvalue weighted by atomic mass is 16.4. The van der Waals surface area contributed by atoms with Crippen LogP contribution in [0, 0.1) is 5.92 Å². The topological polar surface area (TPSA) is 69.6 Å². The molecule has 5 heteroatoms. The number of carboxylic acid groups (broad SMARTS) is 1. The Kier molecular flexibility index (Phi) is 10.8. The van der Waals surface area contributed by atoms with Crippen molar-refractivity contribution >= 4 is 12.0 Å². The summed E-state index contributed by atoms with van der Waals surface area (Å²) >= 11 is 0. The van der Waals surface area contributed by atoms with E-state index in [-0.39, 0.29) is 18.4 Å². The SMILES string of the molecule is CCCCN(CCCC)C(=O)NCC(C)CCC(=O)O. The van der Waals surface area contributed by atoms with Crippen molar-refractivity contribution in [2.75, 3.05) is 19.6 Å². The predicted molar refractivity (Wildman–Crippen MR) is 80.8 cm³/mol. The van der Waals surface area contributed by atoms with Gasteiger partial charge < -0.3 is 15.3 Å². The molecule has 0 aliphatic carbocycles. The van der Waals surface area contributed by atoms with E-state index in [0.29, 0.717) is 13.0 Å². The lowest BCUT2D eigenvalue weighted by Gasteiger charge is -2.23. The number of hydrogen-bond donors (Lipinski definition) is 2. The van der Waals surface area contributed by atoms with Gasteiger partial charge in [0.15, 0.2) is 0 Å². The van der Waals surface area contributed by atoms with E-state index in [0.717, 1.165) is 38.8 Å². The van der Waals surface area contributed by atoms with Crippen LogP contribution in [0.5, 0.6) is 0 Å². The third-order valence-electron chi connectivity index (χ3n) is 3.30. The Morgan fingerprint density at radius 1 is 1.15 bits per heavy atom. The molecule has 0 saturated carbocycles. The Balaban J connectivity index is 4.06. The normalized spacial score (nSPS) is 11.9. The first-order valence-corrected chi connectivity index (χ1v) is 7.75. The lowest BCUT2D eigenvalue weighted by Crippen LogP contribution is -2.42. The molecule has 5 nitrogen and oxygen atoms in total. The molecule has 0 spiro atoms. The van der Waals surface area contributed by atoms with E-state index in [1.807, 2.05) is 11.8 Å². The van der Waals surface area contributed by atoms with E-state index in [2.05, 4.69) is 19.2 Å². The molecule has 20 heavy (non-hydrogen) atoms. The largest absolute Gasteiger partial charge is 0.481 e. The van der Waals surface area contributed by atoms with Crippen LogP contribution in [-0.4, -0.2) is 41.6 Å². The quantitative estimate of drug-likeness (QED) is 0.613. The number of amides is 2. The van der Waals surface area contributed by atoms with E-state index in [1.54, 1.807) is 0 Å². The van der Waals surface area contributed by atoms with Gasteiger partial charge in [-0.05, 0) is 25.2 Å². The van der Waals surface area contributed by atoms with Gasteiger partial charge in [0.1, 0.15) is 0 Å². The number of hydrogen-bond acceptors (Lipinski definition) is 2. The Morgan fingerprint density at radius 3 is 2.15 bits per heavy atom. The molecule has 0 radical (unpaired) electrons. The van der Waals surface area contributed by atoms with Crippen LogP contribution in [0.1, 0.15) is 59.3 Å². The Morgan fingerprint density at radius 2 is 1.70 bits per heavy atom. The number of nitrogens with one attached hydrogen (secondary N) is 1. The molecular formula is C15H30N2O3. The van der Waals surface area contributed by atoms with Crippen LogP contribution in [0.15, 0.2) is 0 Å². The van der Waals surface area contributed by atoms with Crippen LogP contribution in [-0.2, 0) is 4.79 Å². The highest BCUT2D eigenvalue weighted by Gasteiger charge is 2.13. The van der Waals surface area contributed by atoms with Crippen molar-refractivity contribution in [2.45, 2.75) is 59.3 Å². The van der Waals surface area contributed by atoms with Gasteiger partial charge in [-0.15, -0.1) is 0 Å². The number of carbonyl (C=O) groups is 2. The van der Waals surface area contributed by atoms with E-state index in [4.69, 9.17) is 5.11 Å². The van der Waals surface area contributed by atoms with E-state index in [9.17, 15) is 9.59 Å². The van der Waals surface area contributed by atoms with Gasteiger partial charge in [-0.3, -0.25) is 4.79 Å². The summed E-state index contributed by atoms with van der Waals surface area (Å²) in [5.41, 5.74) is 0. The molecule has 1 atom stereocenters. The number of carbonyl (C=O) groups excluding carboxylic acids is 1. The van der Waals surface area contributed by atoms with E-state index >= 15 is 0 Å². The summed E-state index contributed by atoms with van der Waals surface area (Å²) in [6.07, 6.45) is 4.94. The van der Waals surface area contributed by atoms with Crippen molar-refractivity contribution < 1.29 is 14.7 Å². The van der Waals surface area contributed by atoms with Crippen molar-refractivity contribution in [1.29, 1.82) is 0 Å². The second kappa shape index (κ2) is 11.6. The fourth-order valence-corrected chi connectivity index (χ4v) is 1.86. The second-order valence-corrected chi connectivity index (χ2v) is 5.42. The number of nitrogens with zero attached hydrogens (tertiary/aromatic N) is 1. The first kappa shape index (κ1) is 18.7. The molecule has 0 aromatic carbocycles. The summed E-state index contributed by atoms with van der Waals surface area (Å²) in [6.45, 7) is 8.33. The van der Waals surface area contributed by atoms with Crippen molar-refractivity contribution in [3.63, 3.8) is 0 Å². The zero-order valence-corrected chi connectivity index (χ0v) is 13.2. The zero-order chi connectivity index (χ0) is 15.4. The maximum atomic E-state index is 12.1. The average molecular weight is 286 g/mol. The zero-order valence-electron chi connectivity index (χ0n) is 13.2. The minimum atomic E-state index is -0.782. The molecule has 0 saturated heterocycles. The highest BCUT2D eigenvalue weighted by molar-refractivity contribution is 5.74. The maximum absolute atomic E-state index is 12.1. The summed E-state index contributed by atoms with van der Waals surface area (Å²) in [7, 11) is 0. The Labute approximate surface area is 122 Å². The molecule has 0 bridgehead atoms. The predicted octanol–water partition coefficient (Wildman–Crippen LogP) is 3.10. The minimum absolute atomic E-state index is 0.0194. The van der Waals surface area contributed by atoms with Gasteiger partial charge in [0.25, 0.3) is 0 Å². The third-order valence-corrected chi connectivity index (χ3v) is 3.30. The van der Waals surface area contributed by atoms with Gasteiger partial charge in [-0.1, -0.05) is 33.6 Å². The van der Waals surface area contributed by atoms with Crippen LogP contribution in [0.4, 0.5) is 4.79 Å². The highest BCUT2D eigenvalue weighted by Crippen LogP contribution is 2.05. The summed E-state index contributed by atoms with van der Waals surface area (Å²) in [4.78, 5) is 24.5. The molecule has 0 aromatic heterocycles. The summed E-state index contributed by atoms with van der Waals surface area (Å²) in [6, 6.07) is -0.0194. The first-order chi connectivity index (χ1) is 9.51. The second-order valence-electron chi connectivity index (χ2n) is 5.42. The van der Waals surface area contributed by atoms with Crippen LogP contribution in [0.3, 0.4) is 0 Å². The number of urea groups is 1. The lowest BCUT2D eigenvalue weighted by atomic mass is 10.1. The van der Waals surface area contributed by atoms with Gasteiger partial charge >= 0.3 is 12.0 Å². The van der Waals surface area contributed by atoms with E-state index < -0.39 is 5.97 Å². The minimum Gasteiger partial charge on any atom is -0.481 e. The van der Waals surface area contributed by atoms with Crippen LogP contribution in [0.25, 0.3) is 0 Å². The van der Waals surface area contributed by atoms with Gasteiger partial charge in [0.2, 0.25) is 0 Å². The van der Waals surface area contributed by atoms with Crippen LogP contribution < -0.4 is 5.32 Å². The van der Waals surface area contributed by atoms with Crippen LogP contribution >= 0.6 is 0 Å². The fraction of sp³-hybridized carbons (Fsp3) is 0.867. The monoisotopic (exact) mass is 286 g/mol. The van der Waals surface area contributed by atoms with Crippen molar-refractivity contribution in [1.82, 2.24) is 10.2 Å². The number of rotatable bonds is 11. The van der Waals surface area contributed by atoms with E-state index in [1.165, 1.54) is 0 Å². The number of carboxylic acids is 1. The molecule has 0 heterocycles. The first-order valence-electron chi connectivity index (χ1n) is 7.75. The molecule has 0 fully saturated rings. The molecule has 0 rings (SSSR count). The molecule has 2 N–H and O–H groups in total. The van der Waals surface area contributed by atoms with Crippen molar-refractivity contribution in [3.8, 4) is 0 Å². The molecule has 0 aliphatic rings. The van der Waals surface area contributed by atoms with Gasteiger partial charge in [-0.25, -0.2) is 4.79 Å². The van der Waals surface area contributed by atoms with Gasteiger partial charge in [0, 0.05) is 26.1 Å². The summed E-state index contributed by atoms with van der Waals surface area (Å²) in [5.74, 6) is -0.593. The molecule has 0 aliphatic heterocycles. The molecule has 2 amide bonds. The smallest absolute Gasteiger partial charge is 0.317 e. The molecular weight excluding hydrogens is 256 g/mol. The average Bonchev–Trinajstić information content (AvgIpc) is 2.42. The Hall–Kier alpha value is -1.26. The maximum Gasteiger partial charge on any atom is 0.317 e. The van der Waals surface area contributed by atoms with Crippen molar-refractivity contribution in [3.05, 3.63) is 0 Å². The van der Waals surface area contributed by atoms with Gasteiger partial charge in [0.05, 0.1) is 0 Å². The molecule has 0 aromatic rings. The Bertz CT molecular complexity index is 274. The van der Waals surface area contributed by atoms with Crippen molar-refractivity contribution in [2.24, 2.45) is 5.92 Å². The standard InChI is InChI=1S/C15H30N2O3/c1-4-6-10-17(11-7-5-2)15(20)16-12-13(3)8-9-14(18)19/h13H,4-12H2,1-3H3,(H,16,20)(H,18,19). The third kappa shape index (κ3) is 9.64. The molecule has 118 valence electrons. The number of aliphatic carboxylic acids is 1. The molecule has 1 unspecified atom stereocenters. The number of unbranched alkanes of at least 4 members (excludes halogenated alkanes) is 2. The summed E-state index contributed by atoms with van der Waals surface area (Å²) < 4.78 is 0. The summed E-state index contributed by atoms with van der Waals surface area (Å²) in [5, 5.41) is 11.5. The van der Waals surface area contributed by atoms with Crippen LogP contribution in [0.2, 0.25) is 0 Å². The lowest BCUT2D eigenvalue weighted by molar-refractivity contribution is -0.137.